The van der Waals surface area contributed by atoms with E-state index in [4.69, 9.17) is 16.3 Å². The zero-order chi connectivity index (χ0) is 23.3. The number of halogens is 1. The molecule has 1 fully saturated rings. The van der Waals surface area contributed by atoms with Crippen LogP contribution in [0.2, 0.25) is 5.02 Å². The number of rotatable bonds is 8. The van der Waals surface area contributed by atoms with Crippen LogP contribution in [0.1, 0.15) is 36.0 Å². The van der Waals surface area contributed by atoms with Crippen molar-refractivity contribution in [2.45, 2.75) is 36.6 Å². The number of amides is 2. The molecule has 0 bridgehead atoms. The number of hydrogen-bond donors (Lipinski definition) is 2. The van der Waals surface area contributed by atoms with E-state index in [1.165, 1.54) is 43.3 Å². The number of ether oxygens (including phenoxy) is 1. The predicted molar refractivity (Wildman–Crippen MR) is 123 cm³/mol. The van der Waals surface area contributed by atoms with Crippen LogP contribution in [-0.4, -0.2) is 51.9 Å². The van der Waals surface area contributed by atoms with Crippen LogP contribution in [0.25, 0.3) is 0 Å². The number of methoxy groups -OCH3 is 1. The van der Waals surface area contributed by atoms with E-state index in [1.54, 1.807) is 18.2 Å². The summed E-state index contributed by atoms with van der Waals surface area (Å²) in [5, 5.41) is 3.09. The topological polar surface area (TPSA) is 105 Å². The largest absolute Gasteiger partial charge is 0.495 e. The van der Waals surface area contributed by atoms with Crippen molar-refractivity contribution < 1.29 is 22.7 Å². The number of hydrogen-bond acceptors (Lipinski definition) is 5. The average Bonchev–Trinajstić information content (AvgIpc) is 3.25. The molecule has 0 heterocycles. The number of nitrogens with zero attached hydrogens (tertiary/aromatic N) is 1. The lowest BCUT2D eigenvalue weighted by molar-refractivity contribution is -0.116. The van der Waals surface area contributed by atoms with Gasteiger partial charge in [-0.15, -0.1) is 0 Å². The monoisotopic (exact) mass is 479 g/mol. The SMILES string of the molecule is COc1ccc(Cl)cc1NC(=O)CN(C)C(=O)c1cccc(S(=O)(=O)NC2CCCC2)c1. The van der Waals surface area contributed by atoms with Crippen molar-refractivity contribution in [1.82, 2.24) is 9.62 Å². The molecule has 0 unspecified atom stereocenters. The molecule has 10 heteroatoms. The van der Waals surface area contributed by atoms with Gasteiger partial charge >= 0.3 is 0 Å². The molecule has 0 aliphatic heterocycles. The lowest BCUT2D eigenvalue weighted by atomic mass is 10.2. The van der Waals surface area contributed by atoms with Crippen molar-refractivity contribution >= 4 is 39.1 Å². The fourth-order valence-electron chi connectivity index (χ4n) is 3.60. The van der Waals surface area contributed by atoms with E-state index in [9.17, 15) is 18.0 Å². The number of nitrogens with one attached hydrogen (secondary N) is 2. The molecule has 2 aromatic rings. The zero-order valence-corrected chi connectivity index (χ0v) is 19.5. The summed E-state index contributed by atoms with van der Waals surface area (Å²) in [6.45, 7) is -0.244. The molecule has 0 spiro atoms. The predicted octanol–water partition coefficient (Wildman–Crippen LogP) is 3.28. The number of carbonyl (C=O) groups excluding carboxylic acids is 2. The third-order valence-electron chi connectivity index (χ3n) is 5.23. The van der Waals surface area contributed by atoms with Crippen LogP contribution >= 0.6 is 11.6 Å². The third-order valence-corrected chi connectivity index (χ3v) is 6.98. The van der Waals surface area contributed by atoms with Gasteiger partial charge in [0.05, 0.1) is 24.2 Å². The molecule has 2 aromatic carbocycles. The van der Waals surface area contributed by atoms with Crippen molar-refractivity contribution in [3.8, 4) is 5.75 Å². The molecule has 2 amide bonds. The molecule has 1 aliphatic carbocycles. The van der Waals surface area contributed by atoms with E-state index in [1.807, 2.05) is 0 Å². The van der Waals surface area contributed by atoms with E-state index >= 15 is 0 Å². The maximum absolute atomic E-state index is 12.8. The Balaban J connectivity index is 1.67. The Morgan fingerprint density at radius 2 is 1.88 bits per heavy atom. The lowest BCUT2D eigenvalue weighted by Crippen LogP contribution is -2.35. The molecule has 172 valence electrons. The number of carbonyl (C=O) groups is 2. The Bertz CT molecular complexity index is 1100. The zero-order valence-electron chi connectivity index (χ0n) is 17.9. The fraction of sp³-hybridized carbons (Fsp3) is 0.364. The van der Waals surface area contributed by atoms with Crippen LogP contribution in [0.5, 0.6) is 5.75 Å². The lowest BCUT2D eigenvalue weighted by Gasteiger charge is -2.18. The Kier molecular flexibility index (Phi) is 7.76. The summed E-state index contributed by atoms with van der Waals surface area (Å²) in [5.41, 5.74) is 0.562. The maximum atomic E-state index is 12.8. The maximum Gasteiger partial charge on any atom is 0.254 e. The van der Waals surface area contributed by atoms with Gasteiger partial charge in [0.25, 0.3) is 5.91 Å². The van der Waals surface area contributed by atoms with Crippen LogP contribution < -0.4 is 14.8 Å². The van der Waals surface area contributed by atoms with Crippen molar-refractivity contribution in [2.75, 3.05) is 26.0 Å². The summed E-state index contributed by atoms with van der Waals surface area (Å²) in [6.07, 6.45) is 3.62. The molecule has 1 saturated carbocycles. The van der Waals surface area contributed by atoms with Crippen molar-refractivity contribution in [1.29, 1.82) is 0 Å². The van der Waals surface area contributed by atoms with E-state index < -0.39 is 21.8 Å². The van der Waals surface area contributed by atoms with Crippen molar-refractivity contribution in [3.63, 3.8) is 0 Å². The van der Waals surface area contributed by atoms with Gasteiger partial charge in [-0.05, 0) is 49.2 Å². The van der Waals surface area contributed by atoms with Crippen LogP contribution in [0.4, 0.5) is 5.69 Å². The van der Waals surface area contributed by atoms with E-state index in [0.29, 0.717) is 16.5 Å². The molecular weight excluding hydrogens is 454 g/mol. The van der Waals surface area contributed by atoms with E-state index in [2.05, 4.69) is 10.0 Å². The van der Waals surface area contributed by atoms with Crippen LogP contribution in [-0.2, 0) is 14.8 Å². The number of benzene rings is 2. The quantitative estimate of drug-likeness (QED) is 0.604. The molecule has 1 aliphatic rings. The first kappa shape index (κ1) is 24.0. The Morgan fingerprint density at radius 3 is 2.56 bits per heavy atom. The molecule has 0 radical (unpaired) electrons. The molecule has 8 nitrogen and oxygen atoms in total. The molecule has 32 heavy (non-hydrogen) atoms. The van der Waals surface area contributed by atoms with Crippen molar-refractivity contribution in [2.24, 2.45) is 0 Å². The van der Waals surface area contributed by atoms with Gasteiger partial charge in [0, 0.05) is 23.7 Å². The standard InChI is InChI=1S/C22H26ClN3O5S/c1-26(14-21(27)24-19-13-16(23)10-11-20(19)31-2)22(28)15-6-5-9-18(12-15)32(29,30)25-17-7-3-4-8-17/h5-6,9-13,17,25H,3-4,7-8,14H2,1-2H3,(H,24,27). The highest BCUT2D eigenvalue weighted by Gasteiger charge is 2.24. The second-order valence-electron chi connectivity index (χ2n) is 7.68. The van der Waals surface area contributed by atoms with Gasteiger partial charge in [-0.1, -0.05) is 30.5 Å². The molecule has 0 aromatic heterocycles. The van der Waals surface area contributed by atoms with Gasteiger partial charge in [0.1, 0.15) is 5.75 Å². The van der Waals surface area contributed by atoms with Crippen LogP contribution in [0.15, 0.2) is 47.4 Å². The second-order valence-corrected chi connectivity index (χ2v) is 9.83. The molecule has 2 N–H and O–H groups in total. The van der Waals surface area contributed by atoms with E-state index in [-0.39, 0.29) is 23.0 Å². The second kappa shape index (κ2) is 10.3. The number of likely N-dealkylation sites (N-methyl/N-ethyl adjacent to an activating group) is 1. The molecule has 0 saturated heterocycles. The number of sulfonamides is 1. The highest BCUT2D eigenvalue weighted by atomic mass is 35.5. The van der Waals surface area contributed by atoms with Gasteiger partial charge in [-0.3, -0.25) is 9.59 Å². The summed E-state index contributed by atoms with van der Waals surface area (Å²) >= 11 is 5.97. The van der Waals surface area contributed by atoms with E-state index in [0.717, 1.165) is 25.7 Å². The summed E-state index contributed by atoms with van der Waals surface area (Å²) in [7, 11) is -0.791. The Labute approximate surface area is 192 Å². The van der Waals surface area contributed by atoms with Gasteiger partial charge in [0.15, 0.2) is 0 Å². The van der Waals surface area contributed by atoms with Gasteiger partial charge in [-0.25, -0.2) is 13.1 Å². The van der Waals surface area contributed by atoms with Gasteiger partial charge in [-0.2, -0.15) is 0 Å². The summed E-state index contributed by atoms with van der Waals surface area (Å²) in [4.78, 5) is 26.5. The van der Waals surface area contributed by atoms with Gasteiger partial charge in [0.2, 0.25) is 15.9 Å². The van der Waals surface area contributed by atoms with Gasteiger partial charge < -0.3 is 15.0 Å². The summed E-state index contributed by atoms with van der Waals surface area (Å²) in [5.74, 6) is -0.492. The fourth-order valence-corrected chi connectivity index (χ4v) is 5.13. The first-order chi connectivity index (χ1) is 15.2. The normalized spacial score (nSPS) is 14.2. The first-order valence-corrected chi connectivity index (χ1v) is 12.1. The molecule has 3 rings (SSSR count). The Hall–Kier alpha value is -2.62. The minimum atomic E-state index is -3.73. The third kappa shape index (κ3) is 5.99. The molecular formula is C22H26ClN3O5S. The highest BCUT2D eigenvalue weighted by molar-refractivity contribution is 7.89. The highest BCUT2D eigenvalue weighted by Crippen LogP contribution is 2.27. The Morgan fingerprint density at radius 1 is 1.16 bits per heavy atom. The molecule has 0 atom stereocenters. The number of anilines is 1. The average molecular weight is 480 g/mol. The van der Waals surface area contributed by atoms with Crippen LogP contribution in [0.3, 0.4) is 0 Å². The minimum Gasteiger partial charge on any atom is -0.495 e. The summed E-state index contributed by atoms with van der Waals surface area (Å²) < 4.78 is 33.3. The smallest absolute Gasteiger partial charge is 0.254 e. The minimum absolute atomic E-state index is 0.0248. The first-order valence-electron chi connectivity index (χ1n) is 10.2. The summed E-state index contributed by atoms with van der Waals surface area (Å²) in [6, 6.07) is 10.5. The van der Waals surface area contributed by atoms with Crippen LogP contribution in [0, 0.1) is 0 Å². The van der Waals surface area contributed by atoms with Crippen molar-refractivity contribution in [3.05, 3.63) is 53.1 Å².